The van der Waals surface area contributed by atoms with Gasteiger partial charge in [0.2, 0.25) is 0 Å². The van der Waals surface area contributed by atoms with E-state index in [1.54, 1.807) is 24.3 Å². The first-order chi connectivity index (χ1) is 6.69. The molecule has 2 unspecified atom stereocenters. The van der Waals surface area contributed by atoms with E-state index in [0.717, 1.165) is 0 Å². The van der Waals surface area contributed by atoms with Crippen molar-refractivity contribution in [2.24, 2.45) is 5.73 Å². The molecule has 1 aromatic rings. The number of aliphatic hydroxyl groups excluding tert-OH is 3. The van der Waals surface area contributed by atoms with Gasteiger partial charge in [-0.3, -0.25) is 0 Å². The largest absolute Gasteiger partial charge is 0.392 e. The zero-order valence-corrected chi connectivity index (χ0v) is 7.80. The lowest BCUT2D eigenvalue weighted by Crippen LogP contribution is -2.27. The maximum atomic E-state index is 9.60. The minimum Gasteiger partial charge on any atom is -0.392 e. The summed E-state index contributed by atoms with van der Waals surface area (Å²) in [5.74, 6) is 0. The molecule has 0 spiro atoms. The lowest BCUT2D eigenvalue weighted by atomic mass is 10.0. The summed E-state index contributed by atoms with van der Waals surface area (Å²) >= 11 is 0. The summed E-state index contributed by atoms with van der Waals surface area (Å²) < 4.78 is 0. The van der Waals surface area contributed by atoms with Crippen molar-refractivity contribution < 1.29 is 15.3 Å². The molecular weight excluding hydrogens is 182 g/mol. The average molecular weight is 197 g/mol. The predicted molar refractivity (Wildman–Crippen MR) is 52.4 cm³/mol. The summed E-state index contributed by atoms with van der Waals surface area (Å²) in [5.41, 5.74) is 6.49. The zero-order chi connectivity index (χ0) is 10.6. The van der Waals surface area contributed by atoms with Crippen LogP contribution in [0.3, 0.4) is 0 Å². The van der Waals surface area contributed by atoms with Gasteiger partial charge in [-0.2, -0.15) is 0 Å². The fourth-order valence-electron chi connectivity index (χ4n) is 1.23. The molecule has 0 saturated carbocycles. The van der Waals surface area contributed by atoms with Crippen LogP contribution in [-0.2, 0) is 6.61 Å². The molecule has 0 saturated heterocycles. The highest BCUT2D eigenvalue weighted by Crippen LogP contribution is 2.17. The third-order valence-electron chi connectivity index (χ3n) is 2.08. The molecular formula is C10H15NO3. The summed E-state index contributed by atoms with van der Waals surface area (Å²) in [7, 11) is 0. The van der Waals surface area contributed by atoms with Crippen molar-refractivity contribution in [3.8, 4) is 0 Å². The van der Waals surface area contributed by atoms with Gasteiger partial charge in [0.05, 0.1) is 12.7 Å². The second-order valence-electron chi connectivity index (χ2n) is 3.15. The Morgan fingerprint density at radius 3 is 2.57 bits per heavy atom. The maximum Gasteiger partial charge on any atom is 0.106 e. The van der Waals surface area contributed by atoms with Crippen molar-refractivity contribution in [2.45, 2.75) is 18.8 Å². The average Bonchev–Trinajstić information content (AvgIpc) is 2.27. The van der Waals surface area contributed by atoms with E-state index in [1.165, 1.54) is 0 Å². The Kier molecular flexibility index (Phi) is 4.03. The topological polar surface area (TPSA) is 86.7 Å². The normalized spacial score (nSPS) is 15.1. The Hall–Kier alpha value is -0.940. The van der Waals surface area contributed by atoms with Crippen LogP contribution in [0.5, 0.6) is 0 Å². The lowest BCUT2D eigenvalue weighted by Gasteiger charge is -2.16. The number of nitrogens with two attached hydrogens (primary N) is 1. The molecule has 0 aliphatic rings. The third kappa shape index (κ3) is 2.52. The maximum absolute atomic E-state index is 9.60. The third-order valence-corrected chi connectivity index (χ3v) is 2.08. The fraction of sp³-hybridized carbons (Fsp3) is 0.400. The molecule has 0 bridgehead atoms. The van der Waals surface area contributed by atoms with Crippen molar-refractivity contribution in [3.63, 3.8) is 0 Å². The number of hydrogen-bond acceptors (Lipinski definition) is 4. The van der Waals surface area contributed by atoms with Crippen LogP contribution >= 0.6 is 0 Å². The highest BCUT2D eigenvalue weighted by atomic mass is 16.3. The molecule has 0 heterocycles. The zero-order valence-electron chi connectivity index (χ0n) is 7.80. The molecule has 5 N–H and O–H groups in total. The smallest absolute Gasteiger partial charge is 0.106 e. The quantitative estimate of drug-likeness (QED) is 0.525. The Labute approximate surface area is 82.6 Å². The molecule has 1 rings (SSSR count). The highest BCUT2D eigenvalue weighted by Gasteiger charge is 2.16. The van der Waals surface area contributed by atoms with Gasteiger partial charge < -0.3 is 21.1 Å². The molecule has 0 radical (unpaired) electrons. The second kappa shape index (κ2) is 5.07. The van der Waals surface area contributed by atoms with E-state index < -0.39 is 12.2 Å². The van der Waals surface area contributed by atoms with Crippen LogP contribution in [0.25, 0.3) is 0 Å². The number of rotatable bonds is 4. The highest BCUT2D eigenvalue weighted by molar-refractivity contribution is 5.25. The molecule has 0 fully saturated rings. The van der Waals surface area contributed by atoms with Crippen LogP contribution < -0.4 is 5.73 Å². The van der Waals surface area contributed by atoms with Gasteiger partial charge in [-0.15, -0.1) is 0 Å². The van der Waals surface area contributed by atoms with Gasteiger partial charge in [0.25, 0.3) is 0 Å². The van der Waals surface area contributed by atoms with Gasteiger partial charge in [0.15, 0.2) is 0 Å². The Morgan fingerprint density at radius 1 is 1.29 bits per heavy atom. The van der Waals surface area contributed by atoms with Crippen LogP contribution in [0.2, 0.25) is 0 Å². The summed E-state index contributed by atoms with van der Waals surface area (Å²) in [6.07, 6.45) is -1.96. The van der Waals surface area contributed by atoms with Gasteiger partial charge in [-0.05, 0) is 11.1 Å². The lowest BCUT2D eigenvalue weighted by molar-refractivity contribution is 0.0242. The van der Waals surface area contributed by atoms with Gasteiger partial charge >= 0.3 is 0 Å². The van der Waals surface area contributed by atoms with Crippen molar-refractivity contribution in [1.29, 1.82) is 0 Å². The van der Waals surface area contributed by atoms with E-state index in [1.807, 2.05) is 0 Å². The number of aliphatic hydroxyl groups is 3. The SMILES string of the molecule is NCC(O)C(O)c1cccc(CO)c1. The summed E-state index contributed by atoms with van der Waals surface area (Å²) in [6, 6.07) is 6.78. The van der Waals surface area contributed by atoms with Crippen molar-refractivity contribution in [3.05, 3.63) is 35.4 Å². The monoisotopic (exact) mass is 197 g/mol. The van der Waals surface area contributed by atoms with E-state index in [9.17, 15) is 10.2 Å². The van der Waals surface area contributed by atoms with Gasteiger partial charge in [-0.25, -0.2) is 0 Å². The molecule has 4 heteroatoms. The predicted octanol–water partition coefficient (Wildman–Crippen LogP) is -0.468. The molecule has 2 atom stereocenters. The number of benzene rings is 1. The van der Waals surface area contributed by atoms with E-state index in [2.05, 4.69) is 0 Å². The van der Waals surface area contributed by atoms with E-state index in [4.69, 9.17) is 10.8 Å². The molecule has 4 nitrogen and oxygen atoms in total. The van der Waals surface area contributed by atoms with Crippen LogP contribution in [-0.4, -0.2) is 28.0 Å². The van der Waals surface area contributed by atoms with E-state index >= 15 is 0 Å². The van der Waals surface area contributed by atoms with Crippen molar-refractivity contribution >= 4 is 0 Å². The molecule has 0 aliphatic carbocycles. The molecule has 1 aromatic carbocycles. The fourth-order valence-corrected chi connectivity index (χ4v) is 1.23. The Morgan fingerprint density at radius 2 is 2.00 bits per heavy atom. The van der Waals surface area contributed by atoms with E-state index in [0.29, 0.717) is 11.1 Å². The summed E-state index contributed by atoms with van der Waals surface area (Å²) in [6.45, 7) is -0.0796. The van der Waals surface area contributed by atoms with Crippen LogP contribution in [0.1, 0.15) is 17.2 Å². The molecule has 14 heavy (non-hydrogen) atoms. The molecule has 0 aromatic heterocycles. The first-order valence-electron chi connectivity index (χ1n) is 4.45. The van der Waals surface area contributed by atoms with E-state index in [-0.39, 0.29) is 13.2 Å². The second-order valence-corrected chi connectivity index (χ2v) is 3.15. The number of hydrogen-bond donors (Lipinski definition) is 4. The van der Waals surface area contributed by atoms with Crippen molar-refractivity contribution in [2.75, 3.05) is 6.54 Å². The minimum atomic E-state index is -0.994. The van der Waals surface area contributed by atoms with Gasteiger partial charge in [0, 0.05) is 6.54 Å². The minimum absolute atomic E-state index is 0.00448. The standard InChI is InChI=1S/C10H15NO3/c11-5-9(13)10(14)8-3-1-2-7(4-8)6-12/h1-4,9-10,12-14H,5-6,11H2. The van der Waals surface area contributed by atoms with Crippen LogP contribution in [0.4, 0.5) is 0 Å². The first kappa shape index (κ1) is 11.1. The molecule has 0 aliphatic heterocycles. The molecule has 0 amide bonds. The Balaban J connectivity index is 2.83. The Bertz CT molecular complexity index is 290. The van der Waals surface area contributed by atoms with Crippen LogP contribution in [0, 0.1) is 0 Å². The van der Waals surface area contributed by atoms with Crippen LogP contribution in [0.15, 0.2) is 24.3 Å². The van der Waals surface area contributed by atoms with Gasteiger partial charge in [0.1, 0.15) is 6.10 Å². The molecule has 78 valence electrons. The van der Waals surface area contributed by atoms with Crippen molar-refractivity contribution in [1.82, 2.24) is 0 Å². The first-order valence-corrected chi connectivity index (χ1v) is 4.45. The summed E-state index contributed by atoms with van der Waals surface area (Å²) in [5, 5.41) is 27.8. The summed E-state index contributed by atoms with van der Waals surface area (Å²) in [4.78, 5) is 0. The van der Waals surface area contributed by atoms with Gasteiger partial charge in [-0.1, -0.05) is 24.3 Å².